The van der Waals surface area contributed by atoms with E-state index in [4.69, 9.17) is 44.3 Å². The van der Waals surface area contributed by atoms with Crippen molar-refractivity contribution in [3.63, 3.8) is 0 Å². The van der Waals surface area contributed by atoms with Crippen molar-refractivity contribution in [2.45, 2.75) is 0 Å². The summed E-state index contributed by atoms with van der Waals surface area (Å²) in [6, 6.07) is 3.06. The molecular weight excluding hydrogens is 378 g/mol. The highest BCUT2D eigenvalue weighted by molar-refractivity contribution is 9.10. The summed E-state index contributed by atoms with van der Waals surface area (Å²) >= 11 is 21.0. The van der Waals surface area contributed by atoms with E-state index in [1.54, 1.807) is 0 Å². The summed E-state index contributed by atoms with van der Waals surface area (Å²) in [5, 5.41) is 0.971. The lowest BCUT2D eigenvalue weighted by Crippen LogP contribution is -1.96. The average Bonchev–Trinajstić information content (AvgIpc) is 2.38. The molecule has 0 bridgehead atoms. The van der Waals surface area contributed by atoms with Crippen LogP contribution >= 0.6 is 50.7 Å². The lowest BCUT2D eigenvalue weighted by molar-refractivity contribution is 0.373. The second-order valence-corrected chi connectivity index (χ2v) is 5.38. The lowest BCUT2D eigenvalue weighted by atomic mass is 10.3. The molecule has 19 heavy (non-hydrogen) atoms. The Morgan fingerprint density at radius 1 is 1.11 bits per heavy atom. The molecule has 0 spiro atoms. The first-order chi connectivity index (χ1) is 9.01. The standard InChI is InChI=1S/C11H6BrCl3N2O2/c1-18-10-5(12)4-16-11(17-10)19-9-3-7(14)6(13)2-8(9)15/h2-4H,1H3. The van der Waals surface area contributed by atoms with Gasteiger partial charge in [0.25, 0.3) is 0 Å². The number of methoxy groups -OCH3 is 1. The molecule has 0 radical (unpaired) electrons. The van der Waals surface area contributed by atoms with E-state index in [0.29, 0.717) is 31.2 Å². The van der Waals surface area contributed by atoms with Crippen LogP contribution in [0, 0.1) is 0 Å². The van der Waals surface area contributed by atoms with Gasteiger partial charge in [-0.25, -0.2) is 4.98 Å². The van der Waals surface area contributed by atoms with Crippen LogP contribution in [0.25, 0.3) is 0 Å². The summed E-state index contributed by atoms with van der Waals surface area (Å²) in [7, 11) is 1.49. The van der Waals surface area contributed by atoms with Gasteiger partial charge in [0.15, 0.2) is 5.75 Å². The maximum absolute atomic E-state index is 5.99. The SMILES string of the molecule is COc1nc(Oc2cc(Cl)c(Cl)cc2Cl)ncc1Br. The fourth-order valence-corrected chi connectivity index (χ4v) is 2.14. The third-order valence-corrected chi connectivity index (χ3v) is 3.62. The van der Waals surface area contributed by atoms with E-state index < -0.39 is 0 Å². The fourth-order valence-electron chi connectivity index (χ4n) is 1.21. The molecule has 0 aliphatic carbocycles. The van der Waals surface area contributed by atoms with Gasteiger partial charge >= 0.3 is 6.01 Å². The van der Waals surface area contributed by atoms with Crippen molar-refractivity contribution in [3.05, 3.63) is 37.9 Å². The van der Waals surface area contributed by atoms with E-state index >= 15 is 0 Å². The first-order valence-electron chi connectivity index (χ1n) is 4.90. The molecule has 0 saturated carbocycles. The maximum atomic E-state index is 5.99. The Balaban J connectivity index is 2.33. The molecule has 0 amide bonds. The Morgan fingerprint density at radius 2 is 1.79 bits per heavy atom. The predicted octanol–water partition coefficient (Wildman–Crippen LogP) is 5.00. The molecule has 2 aromatic rings. The molecule has 4 nitrogen and oxygen atoms in total. The van der Waals surface area contributed by atoms with Crippen molar-refractivity contribution in [3.8, 4) is 17.6 Å². The van der Waals surface area contributed by atoms with Crippen LogP contribution in [-0.2, 0) is 0 Å². The first kappa shape index (κ1) is 14.7. The van der Waals surface area contributed by atoms with Gasteiger partial charge in [0, 0.05) is 6.07 Å². The van der Waals surface area contributed by atoms with Gasteiger partial charge in [0.1, 0.15) is 0 Å². The molecule has 8 heteroatoms. The van der Waals surface area contributed by atoms with E-state index in [2.05, 4.69) is 25.9 Å². The highest BCUT2D eigenvalue weighted by atomic mass is 79.9. The highest BCUT2D eigenvalue weighted by Crippen LogP contribution is 2.36. The van der Waals surface area contributed by atoms with Gasteiger partial charge in [-0.3, -0.25) is 0 Å². The molecule has 1 heterocycles. The summed E-state index contributed by atoms with van der Waals surface area (Å²) in [6.45, 7) is 0. The van der Waals surface area contributed by atoms with E-state index in [-0.39, 0.29) is 6.01 Å². The zero-order valence-electron chi connectivity index (χ0n) is 9.45. The predicted molar refractivity (Wildman–Crippen MR) is 77.8 cm³/mol. The maximum Gasteiger partial charge on any atom is 0.325 e. The zero-order chi connectivity index (χ0) is 14.0. The molecule has 0 fully saturated rings. The van der Waals surface area contributed by atoms with Crippen LogP contribution in [-0.4, -0.2) is 17.1 Å². The minimum absolute atomic E-state index is 0.0836. The zero-order valence-corrected chi connectivity index (χ0v) is 13.3. The van der Waals surface area contributed by atoms with E-state index in [0.717, 1.165) is 0 Å². The van der Waals surface area contributed by atoms with Crippen molar-refractivity contribution in [1.82, 2.24) is 9.97 Å². The fraction of sp³-hybridized carbons (Fsp3) is 0.0909. The van der Waals surface area contributed by atoms with Crippen LogP contribution < -0.4 is 9.47 Å². The Kier molecular flexibility index (Phi) is 4.73. The summed E-state index contributed by atoms with van der Waals surface area (Å²) < 4.78 is 11.1. The van der Waals surface area contributed by atoms with Crippen LogP contribution in [0.3, 0.4) is 0 Å². The second-order valence-electron chi connectivity index (χ2n) is 3.31. The number of rotatable bonds is 3. The molecule has 1 aromatic carbocycles. The molecule has 100 valence electrons. The number of benzene rings is 1. The largest absolute Gasteiger partial charge is 0.480 e. The topological polar surface area (TPSA) is 44.2 Å². The molecule has 2 rings (SSSR count). The van der Waals surface area contributed by atoms with Crippen molar-refractivity contribution >= 4 is 50.7 Å². The van der Waals surface area contributed by atoms with Crippen LogP contribution in [0.5, 0.6) is 17.6 Å². The quantitative estimate of drug-likeness (QED) is 0.699. The number of halogens is 4. The third-order valence-electron chi connectivity index (χ3n) is 2.06. The van der Waals surface area contributed by atoms with Crippen molar-refractivity contribution in [1.29, 1.82) is 0 Å². The monoisotopic (exact) mass is 382 g/mol. The van der Waals surface area contributed by atoms with E-state index in [9.17, 15) is 0 Å². The summed E-state index contributed by atoms with van der Waals surface area (Å²) in [5.41, 5.74) is 0. The minimum atomic E-state index is 0.0836. The Morgan fingerprint density at radius 3 is 2.47 bits per heavy atom. The molecule has 0 aliphatic heterocycles. The number of ether oxygens (including phenoxy) is 2. The van der Waals surface area contributed by atoms with Crippen molar-refractivity contribution < 1.29 is 9.47 Å². The van der Waals surface area contributed by atoms with E-state index in [1.807, 2.05) is 0 Å². The second kappa shape index (κ2) is 6.13. The van der Waals surface area contributed by atoms with Gasteiger partial charge in [-0.2, -0.15) is 4.98 Å². The van der Waals surface area contributed by atoms with Crippen LogP contribution in [0.15, 0.2) is 22.8 Å². The highest BCUT2D eigenvalue weighted by Gasteiger charge is 2.11. The summed E-state index contributed by atoms with van der Waals surface area (Å²) in [5.74, 6) is 0.654. The summed E-state index contributed by atoms with van der Waals surface area (Å²) in [6.07, 6.45) is 1.51. The Labute approximate surface area is 132 Å². The van der Waals surface area contributed by atoms with Gasteiger partial charge in [0.2, 0.25) is 5.88 Å². The smallest absolute Gasteiger partial charge is 0.325 e. The van der Waals surface area contributed by atoms with Crippen molar-refractivity contribution in [2.75, 3.05) is 7.11 Å². The number of nitrogens with zero attached hydrogens (tertiary/aromatic N) is 2. The molecule has 0 atom stereocenters. The molecule has 1 aromatic heterocycles. The summed E-state index contributed by atoms with van der Waals surface area (Å²) in [4.78, 5) is 8.02. The first-order valence-corrected chi connectivity index (χ1v) is 6.83. The Bertz CT molecular complexity index is 625. The van der Waals surface area contributed by atoms with Crippen LogP contribution in [0.2, 0.25) is 15.1 Å². The third kappa shape index (κ3) is 3.42. The van der Waals surface area contributed by atoms with Gasteiger partial charge in [-0.1, -0.05) is 34.8 Å². The minimum Gasteiger partial charge on any atom is -0.480 e. The lowest BCUT2D eigenvalue weighted by Gasteiger charge is -2.08. The van der Waals surface area contributed by atoms with Gasteiger partial charge in [-0.05, 0) is 22.0 Å². The molecule has 0 N–H and O–H groups in total. The number of aromatic nitrogens is 2. The van der Waals surface area contributed by atoms with Crippen LogP contribution in [0.1, 0.15) is 0 Å². The van der Waals surface area contributed by atoms with Crippen molar-refractivity contribution in [2.24, 2.45) is 0 Å². The Hall–Kier alpha value is -0.750. The molecule has 0 aliphatic rings. The molecule has 0 saturated heterocycles. The van der Waals surface area contributed by atoms with Gasteiger partial charge in [0.05, 0.1) is 32.8 Å². The number of hydrogen-bond donors (Lipinski definition) is 0. The van der Waals surface area contributed by atoms with Crippen LogP contribution in [0.4, 0.5) is 0 Å². The number of hydrogen-bond acceptors (Lipinski definition) is 4. The van der Waals surface area contributed by atoms with Gasteiger partial charge < -0.3 is 9.47 Å². The van der Waals surface area contributed by atoms with E-state index in [1.165, 1.54) is 25.4 Å². The molecule has 0 unspecified atom stereocenters. The average molecular weight is 384 g/mol. The normalized spacial score (nSPS) is 10.4. The van der Waals surface area contributed by atoms with Gasteiger partial charge in [-0.15, -0.1) is 0 Å². The molecular formula is C11H6BrCl3N2O2.